The Morgan fingerprint density at radius 1 is 1.00 bits per heavy atom. The van der Waals surface area contributed by atoms with Crippen molar-refractivity contribution in [3.63, 3.8) is 0 Å². The number of halogens is 1. The second-order valence-corrected chi connectivity index (χ2v) is 8.86. The summed E-state index contributed by atoms with van der Waals surface area (Å²) in [4.78, 5) is 24.0. The normalized spacial score (nSPS) is 11.1. The molecule has 0 aliphatic rings. The third-order valence-electron chi connectivity index (χ3n) is 3.87. The summed E-state index contributed by atoms with van der Waals surface area (Å²) in [5, 5.41) is 5.07. The maximum atomic E-state index is 12.4. The van der Waals surface area contributed by atoms with E-state index < -0.39 is 15.9 Å². The van der Waals surface area contributed by atoms with Gasteiger partial charge in [-0.3, -0.25) is 9.59 Å². The van der Waals surface area contributed by atoms with E-state index in [1.165, 1.54) is 0 Å². The lowest BCUT2D eigenvalue weighted by atomic mass is 10.2. The lowest BCUT2D eigenvalue weighted by Gasteiger charge is -2.11. The van der Waals surface area contributed by atoms with Crippen LogP contribution in [-0.4, -0.2) is 39.9 Å². The molecule has 7 nitrogen and oxygen atoms in total. The van der Waals surface area contributed by atoms with Gasteiger partial charge >= 0.3 is 0 Å². The van der Waals surface area contributed by atoms with E-state index in [4.69, 9.17) is 0 Å². The van der Waals surface area contributed by atoms with Crippen molar-refractivity contribution in [2.45, 2.75) is 18.7 Å². The zero-order valence-electron chi connectivity index (χ0n) is 15.6. The quantitative estimate of drug-likeness (QED) is 0.515. The topological polar surface area (TPSA) is 104 Å². The minimum Gasteiger partial charge on any atom is -0.353 e. The molecule has 2 amide bonds. The zero-order chi connectivity index (χ0) is 20.7. The first-order chi connectivity index (χ1) is 13.2. The summed E-state index contributed by atoms with van der Waals surface area (Å²) in [5.74, 6) is -0.777. The molecule has 2 aromatic rings. The van der Waals surface area contributed by atoms with Crippen molar-refractivity contribution >= 4 is 37.8 Å². The number of carbonyl (C=O) groups is 2. The molecule has 0 heterocycles. The highest BCUT2D eigenvalue weighted by Crippen LogP contribution is 2.16. The van der Waals surface area contributed by atoms with Crippen LogP contribution >= 0.6 is 15.9 Å². The summed E-state index contributed by atoms with van der Waals surface area (Å²) in [7, 11) is -3.65. The average molecular weight is 468 g/mol. The van der Waals surface area contributed by atoms with E-state index in [-0.39, 0.29) is 30.4 Å². The fourth-order valence-electron chi connectivity index (χ4n) is 2.42. The summed E-state index contributed by atoms with van der Waals surface area (Å²) in [5.41, 5.74) is 1.93. The van der Waals surface area contributed by atoms with Crippen molar-refractivity contribution in [3.05, 3.63) is 63.6 Å². The molecule has 9 heteroatoms. The molecule has 3 N–H and O–H groups in total. The Balaban J connectivity index is 1.76. The van der Waals surface area contributed by atoms with Crippen LogP contribution in [0.5, 0.6) is 0 Å². The van der Waals surface area contributed by atoms with E-state index in [0.29, 0.717) is 11.1 Å². The Morgan fingerprint density at radius 3 is 2.46 bits per heavy atom. The molecule has 2 aromatic carbocycles. The maximum Gasteiger partial charge on any atom is 0.251 e. The smallest absolute Gasteiger partial charge is 0.251 e. The number of sulfonamides is 1. The molecule has 150 valence electrons. The van der Waals surface area contributed by atoms with Gasteiger partial charge in [-0.15, -0.1) is 0 Å². The number of benzene rings is 2. The SMILES string of the molecule is Cc1ccc(C)c(S(=O)(=O)NCCNC(=O)CNC(=O)c2cccc(Br)c2)c1. The van der Waals surface area contributed by atoms with E-state index in [0.717, 1.165) is 10.0 Å². The van der Waals surface area contributed by atoms with Crippen molar-refractivity contribution in [1.82, 2.24) is 15.4 Å². The molecule has 0 saturated heterocycles. The van der Waals surface area contributed by atoms with Crippen molar-refractivity contribution in [2.24, 2.45) is 0 Å². The fraction of sp³-hybridized carbons (Fsp3) is 0.263. The van der Waals surface area contributed by atoms with Gasteiger partial charge in [0.25, 0.3) is 5.91 Å². The van der Waals surface area contributed by atoms with Gasteiger partial charge < -0.3 is 10.6 Å². The molecule has 0 aliphatic carbocycles. The standard InChI is InChI=1S/C19H22BrN3O4S/c1-13-6-7-14(2)17(10-13)28(26,27)23-9-8-21-18(24)12-22-19(25)15-4-3-5-16(20)11-15/h3-7,10-11,23H,8-9,12H2,1-2H3,(H,21,24)(H,22,25). The van der Waals surface area contributed by atoms with Crippen LogP contribution in [-0.2, 0) is 14.8 Å². The van der Waals surface area contributed by atoms with E-state index in [2.05, 4.69) is 31.3 Å². The first-order valence-corrected chi connectivity index (χ1v) is 10.8. The van der Waals surface area contributed by atoms with Crippen LogP contribution < -0.4 is 15.4 Å². The summed E-state index contributed by atoms with van der Waals surface area (Å²) < 4.78 is 28.0. The predicted octanol–water partition coefficient (Wildman–Crippen LogP) is 1.89. The van der Waals surface area contributed by atoms with Gasteiger partial charge in [-0.1, -0.05) is 34.1 Å². The fourth-order valence-corrected chi connectivity index (χ4v) is 4.18. The number of hydrogen-bond donors (Lipinski definition) is 3. The Bertz CT molecular complexity index is 977. The van der Waals surface area contributed by atoms with Crippen LogP contribution in [0.1, 0.15) is 21.5 Å². The van der Waals surface area contributed by atoms with Crippen LogP contribution in [0.3, 0.4) is 0 Å². The van der Waals surface area contributed by atoms with E-state index >= 15 is 0 Å². The van der Waals surface area contributed by atoms with Gasteiger partial charge in [0.2, 0.25) is 15.9 Å². The minimum absolute atomic E-state index is 0.0427. The second-order valence-electron chi connectivity index (χ2n) is 6.21. The van der Waals surface area contributed by atoms with E-state index in [1.807, 2.05) is 13.0 Å². The second kappa shape index (κ2) is 9.81. The molecule has 28 heavy (non-hydrogen) atoms. The lowest BCUT2D eigenvalue weighted by Crippen LogP contribution is -2.40. The van der Waals surface area contributed by atoms with Crippen LogP contribution in [0.15, 0.2) is 51.8 Å². The molecular formula is C19H22BrN3O4S. The Morgan fingerprint density at radius 2 is 1.75 bits per heavy atom. The van der Waals surface area contributed by atoms with Gasteiger partial charge in [0, 0.05) is 23.1 Å². The van der Waals surface area contributed by atoms with Crippen molar-refractivity contribution in [2.75, 3.05) is 19.6 Å². The molecule has 0 bridgehead atoms. The predicted molar refractivity (Wildman–Crippen MR) is 111 cm³/mol. The third-order valence-corrected chi connectivity index (χ3v) is 5.96. The van der Waals surface area contributed by atoms with E-state index in [9.17, 15) is 18.0 Å². The number of nitrogens with one attached hydrogen (secondary N) is 3. The number of rotatable bonds is 8. The van der Waals surface area contributed by atoms with Crippen LogP contribution in [0.25, 0.3) is 0 Å². The highest BCUT2D eigenvalue weighted by Gasteiger charge is 2.16. The Hall–Kier alpha value is -2.23. The monoisotopic (exact) mass is 467 g/mol. The maximum absolute atomic E-state index is 12.4. The molecule has 0 spiro atoms. The van der Waals surface area contributed by atoms with Crippen molar-refractivity contribution < 1.29 is 18.0 Å². The van der Waals surface area contributed by atoms with Gasteiger partial charge in [-0.25, -0.2) is 13.1 Å². The largest absolute Gasteiger partial charge is 0.353 e. The van der Waals surface area contributed by atoms with Crippen molar-refractivity contribution in [1.29, 1.82) is 0 Å². The van der Waals surface area contributed by atoms with Gasteiger partial charge in [0.05, 0.1) is 11.4 Å². The molecule has 0 radical (unpaired) electrons. The number of amides is 2. The molecule has 0 atom stereocenters. The summed E-state index contributed by atoms with van der Waals surface area (Å²) in [6.45, 7) is 3.50. The lowest BCUT2D eigenvalue weighted by molar-refractivity contribution is -0.120. The number of hydrogen-bond acceptors (Lipinski definition) is 4. The first kappa shape index (κ1) is 22.1. The number of aryl methyl sites for hydroxylation is 2. The highest BCUT2D eigenvalue weighted by molar-refractivity contribution is 9.10. The Kier molecular flexibility index (Phi) is 7.73. The summed E-state index contributed by atoms with van der Waals surface area (Å²) >= 11 is 3.28. The highest BCUT2D eigenvalue weighted by atomic mass is 79.9. The molecule has 0 fully saturated rings. The number of carbonyl (C=O) groups excluding carboxylic acids is 2. The Labute approximate surface area is 173 Å². The summed E-state index contributed by atoms with van der Waals surface area (Å²) in [6, 6.07) is 12.0. The molecule has 0 saturated carbocycles. The molecule has 0 unspecified atom stereocenters. The zero-order valence-corrected chi connectivity index (χ0v) is 18.0. The van der Waals surface area contributed by atoms with Crippen LogP contribution in [0.4, 0.5) is 0 Å². The van der Waals surface area contributed by atoms with Crippen molar-refractivity contribution in [3.8, 4) is 0 Å². The summed E-state index contributed by atoms with van der Waals surface area (Å²) in [6.07, 6.45) is 0. The first-order valence-electron chi connectivity index (χ1n) is 8.56. The van der Waals surface area contributed by atoms with Crippen LogP contribution in [0, 0.1) is 13.8 Å². The molecular weight excluding hydrogens is 446 g/mol. The average Bonchev–Trinajstić information content (AvgIpc) is 2.65. The molecule has 2 rings (SSSR count). The van der Waals surface area contributed by atoms with Gasteiger partial charge in [0.15, 0.2) is 0 Å². The van der Waals surface area contributed by atoms with Crippen LogP contribution in [0.2, 0.25) is 0 Å². The molecule has 0 aliphatic heterocycles. The van der Waals surface area contributed by atoms with E-state index in [1.54, 1.807) is 43.3 Å². The third kappa shape index (κ3) is 6.43. The van der Waals surface area contributed by atoms with Gasteiger partial charge in [-0.2, -0.15) is 0 Å². The minimum atomic E-state index is -3.65. The van der Waals surface area contributed by atoms with Gasteiger partial charge in [-0.05, 0) is 49.2 Å². The molecule has 0 aromatic heterocycles. The van der Waals surface area contributed by atoms with Gasteiger partial charge in [0.1, 0.15) is 0 Å².